The van der Waals surface area contributed by atoms with E-state index in [0.29, 0.717) is 11.3 Å². The van der Waals surface area contributed by atoms with Crippen molar-refractivity contribution in [3.63, 3.8) is 0 Å². The number of aliphatic hydroxyl groups is 1. The fourth-order valence-corrected chi connectivity index (χ4v) is 4.20. The van der Waals surface area contributed by atoms with Gasteiger partial charge in [0.05, 0.1) is 17.7 Å². The summed E-state index contributed by atoms with van der Waals surface area (Å²) in [6, 6.07) is 17.1. The van der Waals surface area contributed by atoms with Crippen LogP contribution in [-0.4, -0.2) is 29.3 Å². The van der Waals surface area contributed by atoms with Gasteiger partial charge in [-0.15, -0.1) is 13.2 Å². The third-order valence-electron chi connectivity index (χ3n) is 5.63. The summed E-state index contributed by atoms with van der Waals surface area (Å²) in [7, 11) is 0. The van der Waals surface area contributed by atoms with Gasteiger partial charge in [-0.2, -0.15) is 0 Å². The lowest BCUT2D eigenvalue weighted by Crippen LogP contribution is -2.29. The summed E-state index contributed by atoms with van der Waals surface area (Å²) >= 11 is 0. The molecule has 0 bridgehead atoms. The summed E-state index contributed by atoms with van der Waals surface area (Å²) in [4.78, 5) is 27.6. The Bertz CT molecular complexity index is 1360. The van der Waals surface area contributed by atoms with E-state index in [1.165, 1.54) is 12.1 Å². The maximum atomic E-state index is 13.3. The average molecular weight is 511 g/mol. The first-order valence-electron chi connectivity index (χ1n) is 11.4. The topological polar surface area (TPSA) is 76.1 Å². The molecule has 3 aromatic rings. The van der Waals surface area contributed by atoms with Crippen LogP contribution in [-0.2, 0) is 9.59 Å². The monoisotopic (exact) mass is 511 g/mol. The molecule has 37 heavy (non-hydrogen) atoms. The smallest absolute Gasteiger partial charge is 0.507 e. The Hall–Kier alpha value is -4.27. The summed E-state index contributed by atoms with van der Waals surface area (Å²) in [5, 5.41) is 11.2. The van der Waals surface area contributed by atoms with Crippen molar-refractivity contribution in [1.29, 1.82) is 0 Å². The molecule has 0 radical (unpaired) electrons. The van der Waals surface area contributed by atoms with Gasteiger partial charge in [-0.25, -0.2) is 0 Å². The van der Waals surface area contributed by atoms with Gasteiger partial charge in [-0.1, -0.05) is 35.9 Å². The Morgan fingerprint density at radius 2 is 1.62 bits per heavy atom. The number of carbonyl (C=O) groups excluding carboxylic acids is 2. The molecule has 1 unspecified atom stereocenters. The first-order valence-corrected chi connectivity index (χ1v) is 11.4. The maximum absolute atomic E-state index is 13.3. The molecule has 0 spiro atoms. The van der Waals surface area contributed by atoms with E-state index in [9.17, 15) is 27.9 Å². The predicted octanol–water partition coefficient (Wildman–Crippen LogP) is 6.31. The molecule has 1 atom stereocenters. The van der Waals surface area contributed by atoms with Crippen LogP contribution in [0.5, 0.6) is 11.5 Å². The van der Waals surface area contributed by atoms with Crippen molar-refractivity contribution in [3.05, 3.63) is 95.1 Å². The highest BCUT2D eigenvalue weighted by Gasteiger charge is 2.47. The number of halogens is 3. The minimum atomic E-state index is -4.94. The van der Waals surface area contributed by atoms with E-state index < -0.39 is 35.6 Å². The van der Waals surface area contributed by atoms with E-state index in [2.05, 4.69) is 4.74 Å². The molecule has 1 aliphatic rings. The number of hydrogen-bond donors (Lipinski definition) is 1. The molecule has 1 heterocycles. The van der Waals surface area contributed by atoms with Crippen LogP contribution in [0.3, 0.4) is 0 Å². The van der Waals surface area contributed by atoms with Crippen LogP contribution in [0, 0.1) is 6.92 Å². The highest BCUT2D eigenvalue weighted by atomic mass is 19.4. The molecule has 0 aromatic heterocycles. The van der Waals surface area contributed by atoms with Gasteiger partial charge >= 0.3 is 6.36 Å². The number of rotatable bonds is 6. The number of ketones is 1. The van der Waals surface area contributed by atoms with Crippen LogP contribution in [0.1, 0.15) is 36.6 Å². The number of Topliss-reactive ketones (excluding diaryl/α,β-unsaturated/α-hetero) is 1. The fraction of sp³-hybridized carbons (Fsp3) is 0.214. The lowest BCUT2D eigenvalue weighted by atomic mass is 9.94. The van der Waals surface area contributed by atoms with E-state index in [4.69, 9.17) is 4.74 Å². The molecular weight excluding hydrogens is 487 g/mol. The maximum Gasteiger partial charge on any atom is 0.573 e. The Balaban J connectivity index is 1.85. The number of aliphatic hydroxyl groups excluding tert-OH is 1. The van der Waals surface area contributed by atoms with Gasteiger partial charge in [0, 0.05) is 17.3 Å². The van der Waals surface area contributed by atoms with Gasteiger partial charge < -0.3 is 14.6 Å². The number of alkyl halides is 3. The molecule has 1 amide bonds. The highest BCUT2D eigenvalue weighted by Crippen LogP contribution is 2.43. The number of amides is 1. The molecule has 3 aromatic carbocycles. The average Bonchev–Trinajstić information content (AvgIpc) is 3.08. The Morgan fingerprint density at radius 1 is 0.946 bits per heavy atom. The van der Waals surface area contributed by atoms with Crippen molar-refractivity contribution in [2.75, 3.05) is 4.90 Å². The van der Waals surface area contributed by atoms with Crippen molar-refractivity contribution in [3.8, 4) is 11.5 Å². The van der Waals surface area contributed by atoms with Gasteiger partial charge in [-0.05, 0) is 62.7 Å². The summed E-state index contributed by atoms with van der Waals surface area (Å²) in [6.07, 6.45) is -5.00. The lowest BCUT2D eigenvalue weighted by molar-refractivity contribution is -0.274. The zero-order valence-electron chi connectivity index (χ0n) is 20.2. The van der Waals surface area contributed by atoms with Crippen LogP contribution in [0.4, 0.5) is 18.9 Å². The molecule has 1 aliphatic heterocycles. The summed E-state index contributed by atoms with van der Waals surface area (Å²) < 4.78 is 48.1. The van der Waals surface area contributed by atoms with E-state index in [1.54, 1.807) is 42.5 Å². The molecule has 192 valence electrons. The zero-order valence-corrected chi connectivity index (χ0v) is 20.2. The third kappa shape index (κ3) is 5.61. The molecule has 1 fully saturated rings. The standard InChI is InChI=1S/C28H24F3NO5/c1-16(2)36-21-12-10-18(11-13-21)25(33)23-24(19-7-4-6-17(3)14-19)32(27(35)26(23)34)20-8-5-9-22(15-20)37-28(29,30)31/h4-16,24,33H,1-3H3/b25-23+. The number of ether oxygens (including phenoxy) is 2. The largest absolute Gasteiger partial charge is 0.573 e. The van der Waals surface area contributed by atoms with Crippen molar-refractivity contribution in [1.82, 2.24) is 0 Å². The van der Waals surface area contributed by atoms with Gasteiger partial charge in [-0.3, -0.25) is 14.5 Å². The quantitative estimate of drug-likeness (QED) is 0.239. The summed E-state index contributed by atoms with van der Waals surface area (Å²) in [5.74, 6) is -2.35. The SMILES string of the molecule is Cc1cccc(C2/C(=C(\O)c3ccc(OC(C)C)cc3)C(=O)C(=O)N2c2cccc(OC(F)(F)F)c2)c1. The Labute approximate surface area is 211 Å². The number of anilines is 1. The van der Waals surface area contributed by atoms with Crippen molar-refractivity contribution in [2.24, 2.45) is 0 Å². The number of nitrogens with zero attached hydrogens (tertiary/aromatic N) is 1. The zero-order chi connectivity index (χ0) is 26.9. The minimum Gasteiger partial charge on any atom is -0.507 e. The van der Waals surface area contributed by atoms with E-state index >= 15 is 0 Å². The van der Waals surface area contributed by atoms with Gasteiger partial charge in [0.15, 0.2) is 0 Å². The second-order valence-electron chi connectivity index (χ2n) is 8.82. The second-order valence-corrected chi connectivity index (χ2v) is 8.82. The van der Waals surface area contributed by atoms with Crippen LogP contribution >= 0.6 is 0 Å². The van der Waals surface area contributed by atoms with Gasteiger partial charge in [0.25, 0.3) is 11.7 Å². The first kappa shape index (κ1) is 25.8. The minimum absolute atomic E-state index is 0.00934. The van der Waals surface area contributed by atoms with Crippen LogP contribution < -0.4 is 14.4 Å². The molecular formula is C28H24F3NO5. The molecule has 4 rings (SSSR count). The number of carbonyl (C=O) groups is 2. The fourth-order valence-electron chi connectivity index (χ4n) is 4.20. The predicted molar refractivity (Wildman–Crippen MR) is 131 cm³/mol. The van der Waals surface area contributed by atoms with Crippen LogP contribution in [0.2, 0.25) is 0 Å². The normalized spacial score (nSPS) is 17.4. The van der Waals surface area contributed by atoms with Gasteiger partial charge in [0.1, 0.15) is 17.3 Å². The summed E-state index contributed by atoms with van der Waals surface area (Å²) in [5.41, 5.74) is 1.43. The second kappa shape index (κ2) is 10.0. The van der Waals surface area contributed by atoms with Crippen molar-refractivity contribution >= 4 is 23.1 Å². The van der Waals surface area contributed by atoms with E-state index in [-0.39, 0.29) is 22.9 Å². The lowest BCUT2D eigenvalue weighted by Gasteiger charge is -2.26. The van der Waals surface area contributed by atoms with E-state index in [0.717, 1.165) is 22.6 Å². The Kier molecular flexibility index (Phi) is 6.98. The van der Waals surface area contributed by atoms with Gasteiger partial charge in [0.2, 0.25) is 0 Å². The highest BCUT2D eigenvalue weighted by molar-refractivity contribution is 6.51. The third-order valence-corrected chi connectivity index (χ3v) is 5.63. The first-order chi connectivity index (χ1) is 17.4. The number of aryl methyl sites for hydroxylation is 1. The van der Waals surface area contributed by atoms with E-state index in [1.807, 2.05) is 26.8 Å². The number of hydrogen-bond acceptors (Lipinski definition) is 5. The number of benzene rings is 3. The molecule has 6 nitrogen and oxygen atoms in total. The molecule has 0 aliphatic carbocycles. The molecule has 1 N–H and O–H groups in total. The Morgan fingerprint density at radius 3 is 2.24 bits per heavy atom. The van der Waals surface area contributed by atoms with Crippen molar-refractivity contribution in [2.45, 2.75) is 39.3 Å². The molecule has 1 saturated heterocycles. The summed E-state index contributed by atoms with van der Waals surface area (Å²) in [6.45, 7) is 5.55. The van der Waals surface area contributed by atoms with Crippen LogP contribution in [0.25, 0.3) is 5.76 Å². The van der Waals surface area contributed by atoms with Crippen molar-refractivity contribution < 1.29 is 37.3 Å². The molecule has 9 heteroatoms. The molecule has 0 saturated carbocycles. The van der Waals surface area contributed by atoms with Crippen LogP contribution in [0.15, 0.2) is 78.4 Å².